The molecular weight excluding hydrogens is 176 g/mol. The minimum atomic E-state index is -0.403. The lowest BCUT2D eigenvalue weighted by molar-refractivity contribution is -0.306. The van der Waals surface area contributed by atoms with Crippen LogP contribution in [0.25, 0.3) is 0 Å². The molecular formula is C12H28O2. The second kappa shape index (κ2) is 6.41. The highest BCUT2D eigenvalue weighted by Gasteiger charge is 2.11. The molecule has 0 aliphatic heterocycles. The average Bonchev–Trinajstić information content (AvgIpc) is 1.81. The van der Waals surface area contributed by atoms with E-state index in [1.165, 1.54) is 6.42 Å². The van der Waals surface area contributed by atoms with E-state index in [9.17, 15) is 0 Å². The molecule has 0 fully saturated rings. The summed E-state index contributed by atoms with van der Waals surface area (Å²) in [6, 6.07) is 0. The van der Waals surface area contributed by atoms with Crippen LogP contribution in [0.1, 0.15) is 61.8 Å². The highest BCUT2D eigenvalue weighted by atomic mass is 17.1. The second-order valence-electron chi connectivity index (χ2n) is 6.36. The van der Waals surface area contributed by atoms with Crippen LogP contribution in [0.4, 0.5) is 0 Å². The van der Waals surface area contributed by atoms with Crippen molar-refractivity contribution in [3.8, 4) is 0 Å². The van der Waals surface area contributed by atoms with Gasteiger partial charge in [0.05, 0.1) is 5.60 Å². The summed E-state index contributed by atoms with van der Waals surface area (Å²) in [6.45, 7) is 16.7. The fourth-order valence-electron chi connectivity index (χ4n) is 1.22. The smallest absolute Gasteiger partial charge is 0.0949 e. The molecule has 0 saturated carbocycles. The summed E-state index contributed by atoms with van der Waals surface area (Å²) in [5.41, 5.74) is 0.119. The zero-order valence-electron chi connectivity index (χ0n) is 11.1. The van der Waals surface area contributed by atoms with Crippen LogP contribution in [-0.2, 0) is 4.89 Å². The third-order valence-electron chi connectivity index (χ3n) is 1.29. The quantitative estimate of drug-likeness (QED) is 0.508. The van der Waals surface area contributed by atoms with Gasteiger partial charge in [0, 0.05) is 0 Å². The first-order chi connectivity index (χ1) is 5.98. The van der Waals surface area contributed by atoms with Crippen molar-refractivity contribution in [2.45, 2.75) is 67.4 Å². The topological polar surface area (TPSA) is 29.5 Å². The fourth-order valence-corrected chi connectivity index (χ4v) is 1.22. The molecule has 0 aliphatic carbocycles. The van der Waals surface area contributed by atoms with E-state index in [1.54, 1.807) is 20.8 Å². The van der Waals surface area contributed by atoms with E-state index in [0.717, 1.165) is 5.92 Å². The van der Waals surface area contributed by atoms with Gasteiger partial charge in [-0.2, -0.15) is 0 Å². The molecule has 0 spiro atoms. The van der Waals surface area contributed by atoms with E-state index < -0.39 is 5.60 Å². The van der Waals surface area contributed by atoms with Crippen LogP contribution >= 0.6 is 0 Å². The molecule has 0 heterocycles. The first-order valence-electron chi connectivity index (χ1n) is 5.30. The summed E-state index contributed by atoms with van der Waals surface area (Å²) in [6.07, 6.45) is 1.33. The van der Waals surface area contributed by atoms with Crippen molar-refractivity contribution in [1.82, 2.24) is 0 Å². The molecule has 2 heteroatoms. The van der Waals surface area contributed by atoms with Crippen LogP contribution in [0.5, 0.6) is 0 Å². The molecule has 0 unspecified atom stereocenters. The van der Waals surface area contributed by atoms with Gasteiger partial charge in [0.2, 0.25) is 0 Å². The van der Waals surface area contributed by atoms with Gasteiger partial charge in [-0.3, -0.25) is 5.26 Å². The Balaban J connectivity index is 0. The fraction of sp³-hybridized carbons (Fsp3) is 1.00. The van der Waals surface area contributed by atoms with Gasteiger partial charge in [-0.15, -0.1) is 0 Å². The highest BCUT2D eigenvalue weighted by Crippen LogP contribution is 2.23. The van der Waals surface area contributed by atoms with Crippen molar-refractivity contribution in [3.05, 3.63) is 0 Å². The van der Waals surface area contributed by atoms with Gasteiger partial charge in [-0.25, -0.2) is 4.89 Å². The van der Waals surface area contributed by atoms with Crippen LogP contribution in [0.15, 0.2) is 0 Å². The monoisotopic (exact) mass is 204 g/mol. The van der Waals surface area contributed by atoms with Crippen molar-refractivity contribution < 1.29 is 10.1 Å². The summed E-state index contributed by atoms with van der Waals surface area (Å²) in [5, 5.41) is 7.90. The Morgan fingerprint density at radius 3 is 1.29 bits per heavy atom. The molecule has 2 nitrogen and oxygen atoms in total. The predicted molar refractivity (Wildman–Crippen MR) is 62.4 cm³/mol. The predicted octanol–water partition coefficient (Wildman–Crippen LogP) is 4.35. The van der Waals surface area contributed by atoms with E-state index in [2.05, 4.69) is 39.5 Å². The van der Waals surface area contributed by atoms with E-state index in [4.69, 9.17) is 5.26 Å². The van der Waals surface area contributed by atoms with Crippen LogP contribution in [0.3, 0.4) is 0 Å². The minimum Gasteiger partial charge on any atom is -0.251 e. The van der Waals surface area contributed by atoms with E-state index >= 15 is 0 Å². The summed E-state index contributed by atoms with van der Waals surface area (Å²) in [5.74, 6) is 0.843. The molecule has 0 aliphatic rings. The summed E-state index contributed by atoms with van der Waals surface area (Å²) in [7, 11) is 0. The number of hydrogen-bond donors (Lipinski definition) is 1. The molecule has 0 bridgehead atoms. The molecule has 0 amide bonds. The lowest BCUT2D eigenvalue weighted by atomic mass is 9.86. The summed E-state index contributed by atoms with van der Waals surface area (Å²) in [4.78, 5) is 3.94. The molecule has 0 radical (unpaired) electrons. The first kappa shape index (κ1) is 16.4. The molecule has 88 valence electrons. The van der Waals surface area contributed by atoms with Gasteiger partial charge in [-0.1, -0.05) is 34.6 Å². The van der Waals surface area contributed by atoms with Crippen molar-refractivity contribution in [2.75, 3.05) is 0 Å². The number of rotatable bonds is 1. The first-order valence-corrected chi connectivity index (χ1v) is 5.30. The van der Waals surface area contributed by atoms with Gasteiger partial charge in [-0.05, 0) is 38.5 Å². The molecule has 0 aromatic rings. The van der Waals surface area contributed by atoms with Crippen molar-refractivity contribution in [3.63, 3.8) is 0 Å². The highest BCUT2D eigenvalue weighted by molar-refractivity contribution is 4.62. The average molecular weight is 204 g/mol. The SMILES string of the molecule is CC(C)(C)OO.CC(C)CC(C)(C)C. The van der Waals surface area contributed by atoms with Gasteiger partial charge in [0.15, 0.2) is 0 Å². The maximum atomic E-state index is 7.90. The maximum absolute atomic E-state index is 7.90. The normalized spacial score (nSPS) is 12.4. The largest absolute Gasteiger partial charge is 0.251 e. The Labute approximate surface area is 89.6 Å². The van der Waals surface area contributed by atoms with E-state index in [1.807, 2.05) is 0 Å². The molecule has 14 heavy (non-hydrogen) atoms. The van der Waals surface area contributed by atoms with Crippen molar-refractivity contribution >= 4 is 0 Å². The molecule has 0 saturated heterocycles. The maximum Gasteiger partial charge on any atom is 0.0949 e. The van der Waals surface area contributed by atoms with Crippen LogP contribution < -0.4 is 0 Å². The zero-order valence-corrected chi connectivity index (χ0v) is 11.1. The van der Waals surface area contributed by atoms with Crippen LogP contribution in [-0.4, -0.2) is 10.9 Å². The van der Waals surface area contributed by atoms with Gasteiger partial charge in [0.1, 0.15) is 0 Å². The molecule has 0 aromatic heterocycles. The molecule has 1 N–H and O–H groups in total. The standard InChI is InChI=1S/C8H18.C4H10O2/c1-7(2)6-8(3,4)5;1-4(2,3)6-5/h7H,6H2,1-5H3;5H,1-3H3. The second-order valence-corrected chi connectivity index (χ2v) is 6.36. The number of hydrogen-bond acceptors (Lipinski definition) is 2. The minimum absolute atomic E-state index is 0.403. The van der Waals surface area contributed by atoms with E-state index in [-0.39, 0.29) is 0 Å². The van der Waals surface area contributed by atoms with Gasteiger partial charge < -0.3 is 0 Å². The lowest BCUT2D eigenvalue weighted by Crippen LogP contribution is -2.15. The summed E-state index contributed by atoms with van der Waals surface area (Å²) < 4.78 is 0. The molecule has 0 rings (SSSR count). The van der Waals surface area contributed by atoms with Crippen LogP contribution in [0, 0.1) is 11.3 Å². The van der Waals surface area contributed by atoms with Crippen LogP contribution in [0.2, 0.25) is 0 Å². The lowest BCUT2D eigenvalue weighted by Gasteiger charge is -2.19. The summed E-state index contributed by atoms with van der Waals surface area (Å²) >= 11 is 0. The van der Waals surface area contributed by atoms with Gasteiger partial charge in [0.25, 0.3) is 0 Å². The van der Waals surface area contributed by atoms with E-state index in [0.29, 0.717) is 5.41 Å². The Bertz CT molecular complexity index is 126. The Hall–Kier alpha value is -0.0800. The molecule has 0 aromatic carbocycles. The Morgan fingerprint density at radius 1 is 1.00 bits per heavy atom. The zero-order chi connectivity index (χ0) is 12.0. The van der Waals surface area contributed by atoms with Crippen molar-refractivity contribution in [2.24, 2.45) is 11.3 Å². The third-order valence-corrected chi connectivity index (χ3v) is 1.29. The van der Waals surface area contributed by atoms with Gasteiger partial charge >= 0.3 is 0 Å². The Morgan fingerprint density at radius 2 is 1.29 bits per heavy atom. The Kier molecular flexibility index (Phi) is 7.49. The molecule has 0 atom stereocenters. The van der Waals surface area contributed by atoms with Crippen molar-refractivity contribution in [1.29, 1.82) is 0 Å². The third kappa shape index (κ3) is 22.7.